The Morgan fingerprint density at radius 1 is 0.935 bits per heavy atom. The number of ketones is 1. The molecule has 1 amide bonds. The third kappa shape index (κ3) is 3.70. The second kappa shape index (κ2) is 8.48. The van der Waals surface area contributed by atoms with Crippen molar-refractivity contribution in [1.29, 1.82) is 0 Å². The summed E-state index contributed by atoms with van der Waals surface area (Å²) in [6.45, 7) is 4.33. The fourth-order valence-corrected chi connectivity index (χ4v) is 3.89. The van der Waals surface area contributed by atoms with E-state index in [-0.39, 0.29) is 11.3 Å². The fraction of sp³-hybridized carbons (Fsp3) is 0.154. The third-order valence-corrected chi connectivity index (χ3v) is 5.37. The number of rotatable bonds is 5. The van der Waals surface area contributed by atoms with Crippen molar-refractivity contribution < 1.29 is 19.4 Å². The van der Waals surface area contributed by atoms with Gasteiger partial charge in [-0.25, -0.2) is 0 Å². The molecule has 1 N–H and O–H groups in total. The second-order valence-electron chi connectivity index (χ2n) is 7.32. The summed E-state index contributed by atoms with van der Waals surface area (Å²) in [5.74, 6) is -0.856. The molecule has 0 aromatic heterocycles. The third-order valence-electron chi connectivity index (χ3n) is 5.37. The Bertz CT molecular complexity index is 1150. The quantitative estimate of drug-likeness (QED) is 0.362. The van der Waals surface area contributed by atoms with Gasteiger partial charge in [0.2, 0.25) is 0 Å². The number of hydrogen-bond donors (Lipinski definition) is 1. The van der Waals surface area contributed by atoms with Crippen LogP contribution in [0.3, 0.4) is 0 Å². The van der Waals surface area contributed by atoms with E-state index in [1.807, 2.05) is 56.3 Å². The molecule has 1 fully saturated rings. The van der Waals surface area contributed by atoms with Crippen molar-refractivity contribution in [2.75, 3.05) is 11.5 Å². The summed E-state index contributed by atoms with van der Waals surface area (Å²) in [5.41, 5.74) is 2.77. The summed E-state index contributed by atoms with van der Waals surface area (Å²) in [5, 5.41) is 11.1. The number of anilines is 1. The predicted molar refractivity (Wildman–Crippen MR) is 120 cm³/mol. The van der Waals surface area contributed by atoms with Crippen LogP contribution in [-0.4, -0.2) is 23.4 Å². The molecule has 0 saturated carbocycles. The first-order valence-electron chi connectivity index (χ1n) is 10.2. The summed E-state index contributed by atoms with van der Waals surface area (Å²) in [6.07, 6.45) is 0. The number of aryl methyl sites for hydroxylation is 1. The molecule has 1 atom stereocenters. The van der Waals surface area contributed by atoms with Gasteiger partial charge in [-0.2, -0.15) is 0 Å². The molecular formula is C26H23NO4. The Balaban J connectivity index is 1.92. The molecule has 4 rings (SSSR count). The molecule has 3 aromatic rings. The molecule has 1 aliphatic heterocycles. The van der Waals surface area contributed by atoms with Gasteiger partial charge >= 0.3 is 0 Å². The number of amides is 1. The van der Waals surface area contributed by atoms with Crippen LogP contribution in [0.5, 0.6) is 5.75 Å². The van der Waals surface area contributed by atoms with Gasteiger partial charge in [-0.15, -0.1) is 0 Å². The monoisotopic (exact) mass is 413 g/mol. The van der Waals surface area contributed by atoms with Gasteiger partial charge in [0, 0.05) is 11.3 Å². The van der Waals surface area contributed by atoms with Gasteiger partial charge in [0.15, 0.2) is 0 Å². The van der Waals surface area contributed by atoms with Crippen LogP contribution in [0.4, 0.5) is 5.69 Å². The summed E-state index contributed by atoms with van der Waals surface area (Å²) in [7, 11) is 0. The molecule has 31 heavy (non-hydrogen) atoms. The number of carbonyl (C=O) groups is 2. The van der Waals surface area contributed by atoms with E-state index in [4.69, 9.17) is 4.74 Å². The zero-order valence-corrected chi connectivity index (χ0v) is 17.4. The normalized spacial score (nSPS) is 17.7. The lowest BCUT2D eigenvalue weighted by molar-refractivity contribution is -0.132. The summed E-state index contributed by atoms with van der Waals surface area (Å²) < 4.78 is 5.53. The van der Waals surface area contributed by atoms with E-state index in [1.54, 1.807) is 36.4 Å². The number of hydrogen-bond acceptors (Lipinski definition) is 4. The highest BCUT2D eigenvalue weighted by atomic mass is 16.5. The summed E-state index contributed by atoms with van der Waals surface area (Å²) in [4.78, 5) is 27.8. The van der Waals surface area contributed by atoms with Crippen LogP contribution in [-0.2, 0) is 9.59 Å². The molecule has 1 heterocycles. The van der Waals surface area contributed by atoms with E-state index in [9.17, 15) is 14.7 Å². The van der Waals surface area contributed by atoms with E-state index < -0.39 is 17.7 Å². The SMILES string of the molecule is CCOc1ccc(C2/C(=C(\O)c3ccccc3)C(=O)C(=O)N2c2ccccc2C)cc1. The molecule has 156 valence electrons. The predicted octanol–water partition coefficient (Wildman–Crippen LogP) is 5.02. The fourth-order valence-electron chi connectivity index (χ4n) is 3.89. The Hall–Kier alpha value is -3.86. The minimum atomic E-state index is -0.753. The largest absolute Gasteiger partial charge is 0.507 e. The number of carbonyl (C=O) groups excluding carboxylic acids is 2. The molecule has 5 nitrogen and oxygen atoms in total. The van der Waals surface area contributed by atoms with Crippen LogP contribution in [0.1, 0.15) is 29.7 Å². The highest BCUT2D eigenvalue weighted by molar-refractivity contribution is 6.51. The Morgan fingerprint density at radius 2 is 1.58 bits per heavy atom. The topological polar surface area (TPSA) is 66.8 Å². The number of Topliss-reactive ketones (excluding diaryl/α,β-unsaturated/α-hetero) is 1. The molecular weight excluding hydrogens is 390 g/mol. The minimum absolute atomic E-state index is 0.0728. The number of para-hydroxylation sites is 1. The van der Waals surface area contributed by atoms with Crippen molar-refractivity contribution in [3.8, 4) is 5.75 Å². The molecule has 1 saturated heterocycles. The van der Waals surface area contributed by atoms with E-state index in [1.165, 1.54) is 4.90 Å². The van der Waals surface area contributed by atoms with E-state index >= 15 is 0 Å². The maximum absolute atomic E-state index is 13.2. The van der Waals surface area contributed by atoms with E-state index in [0.29, 0.717) is 29.2 Å². The first-order chi connectivity index (χ1) is 15.0. The van der Waals surface area contributed by atoms with Gasteiger partial charge in [-0.1, -0.05) is 60.7 Å². The van der Waals surface area contributed by atoms with Crippen LogP contribution in [0.2, 0.25) is 0 Å². The van der Waals surface area contributed by atoms with Gasteiger partial charge in [-0.05, 0) is 43.2 Å². The van der Waals surface area contributed by atoms with Gasteiger partial charge < -0.3 is 9.84 Å². The average molecular weight is 413 g/mol. The minimum Gasteiger partial charge on any atom is -0.507 e. The van der Waals surface area contributed by atoms with Gasteiger partial charge in [0.1, 0.15) is 11.5 Å². The zero-order chi connectivity index (χ0) is 22.0. The highest BCUT2D eigenvalue weighted by Crippen LogP contribution is 2.43. The van der Waals surface area contributed by atoms with Crippen molar-refractivity contribution in [1.82, 2.24) is 0 Å². The number of aliphatic hydroxyl groups excluding tert-OH is 1. The number of ether oxygens (including phenoxy) is 1. The molecule has 0 bridgehead atoms. The molecule has 1 unspecified atom stereocenters. The summed E-state index contributed by atoms with van der Waals surface area (Å²) >= 11 is 0. The lowest BCUT2D eigenvalue weighted by atomic mass is 9.95. The van der Waals surface area contributed by atoms with Crippen LogP contribution in [0, 0.1) is 6.92 Å². The van der Waals surface area contributed by atoms with E-state index in [0.717, 1.165) is 5.56 Å². The van der Waals surface area contributed by atoms with Crippen LogP contribution in [0.25, 0.3) is 5.76 Å². The van der Waals surface area contributed by atoms with Crippen molar-refractivity contribution in [2.45, 2.75) is 19.9 Å². The molecule has 5 heteroatoms. The number of benzene rings is 3. The lowest BCUT2D eigenvalue weighted by Crippen LogP contribution is -2.30. The Morgan fingerprint density at radius 3 is 2.23 bits per heavy atom. The standard InChI is InChI=1S/C26H23NO4/c1-3-31-20-15-13-18(14-16-20)23-22(24(28)19-10-5-4-6-11-19)25(29)26(30)27(23)21-12-8-7-9-17(21)2/h4-16,23,28H,3H2,1-2H3/b24-22+. The molecule has 3 aromatic carbocycles. The van der Waals surface area contributed by atoms with Crippen molar-refractivity contribution in [2.24, 2.45) is 0 Å². The van der Waals surface area contributed by atoms with E-state index in [2.05, 4.69) is 0 Å². The molecule has 1 aliphatic rings. The molecule has 0 radical (unpaired) electrons. The van der Waals surface area contributed by atoms with Gasteiger partial charge in [0.05, 0.1) is 18.2 Å². The van der Waals surface area contributed by atoms with Crippen molar-refractivity contribution in [3.05, 3.63) is 101 Å². The first kappa shape index (κ1) is 20.4. The average Bonchev–Trinajstić information content (AvgIpc) is 3.05. The Labute approximate surface area is 181 Å². The summed E-state index contributed by atoms with van der Waals surface area (Å²) in [6, 6.07) is 22.7. The highest BCUT2D eigenvalue weighted by Gasteiger charge is 2.47. The number of nitrogens with zero attached hydrogens (tertiary/aromatic N) is 1. The van der Waals surface area contributed by atoms with Crippen LogP contribution >= 0.6 is 0 Å². The van der Waals surface area contributed by atoms with Crippen molar-refractivity contribution >= 4 is 23.1 Å². The first-order valence-corrected chi connectivity index (χ1v) is 10.2. The van der Waals surface area contributed by atoms with Crippen LogP contribution < -0.4 is 9.64 Å². The molecule has 0 aliphatic carbocycles. The lowest BCUT2D eigenvalue weighted by Gasteiger charge is -2.27. The maximum Gasteiger partial charge on any atom is 0.300 e. The van der Waals surface area contributed by atoms with Gasteiger partial charge in [0.25, 0.3) is 11.7 Å². The van der Waals surface area contributed by atoms with Crippen LogP contribution in [0.15, 0.2) is 84.4 Å². The van der Waals surface area contributed by atoms with Gasteiger partial charge in [-0.3, -0.25) is 14.5 Å². The zero-order valence-electron chi connectivity index (χ0n) is 17.4. The number of aliphatic hydroxyl groups is 1. The second-order valence-corrected chi connectivity index (χ2v) is 7.32. The smallest absolute Gasteiger partial charge is 0.300 e. The van der Waals surface area contributed by atoms with Crippen molar-refractivity contribution in [3.63, 3.8) is 0 Å². The molecule has 0 spiro atoms. The Kier molecular flexibility index (Phi) is 5.58. The maximum atomic E-state index is 13.2.